The van der Waals surface area contributed by atoms with Crippen LogP contribution < -0.4 is 4.72 Å². The Bertz CT molecular complexity index is 426. The van der Waals surface area contributed by atoms with Gasteiger partial charge in [-0.15, -0.1) is 0 Å². The zero-order valence-electron chi connectivity index (χ0n) is 10.7. The molecule has 96 valence electrons. The van der Waals surface area contributed by atoms with E-state index in [1.165, 1.54) is 0 Å². The maximum atomic E-state index is 11.8. The van der Waals surface area contributed by atoms with E-state index in [2.05, 4.69) is 4.72 Å². The van der Waals surface area contributed by atoms with Crippen LogP contribution in [0.25, 0.3) is 0 Å². The lowest BCUT2D eigenvalue weighted by Gasteiger charge is -2.15. The molecule has 0 aliphatic rings. The molecule has 0 aromatic heterocycles. The summed E-state index contributed by atoms with van der Waals surface area (Å²) < 4.78 is 26.2. The average molecular weight is 255 g/mol. The van der Waals surface area contributed by atoms with Crippen molar-refractivity contribution >= 4 is 10.0 Å². The molecule has 0 aliphatic heterocycles. The summed E-state index contributed by atoms with van der Waals surface area (Å²) in [6.45, 7) is 6.41. The van der Waals surface area contributed by atoms with Gasteiger partial charge in [-0.05, 0) is 17.4 Å². The molecular weight excluding hydrogens is 234 g/mol. The first kappa shape index (κ1) is 14.2. The monoisotopic (exact) mass is 255 g/mol. The number of benzene rings is 1. The summed E-state index contributed by atoms with van der Waals surface area (Å²) in [5, 5.41) is 0. The van der Waals surface area contributed by atoms with Gasteiger partial charge in [0.2, 0.25) is 10.0 Å². The molecule has 0 radical (unpaired) electrons. The van der Waals surface area contributed by atoms with Crippen LogP contribution in [0.1, 0.15) is 26.3 Å². The molecule has 0 saturated heterocycles. The van der Waals surface area contributed by atoms with Crippen molar-refractivity contribution in [2.75, 3.05) is 5.75 Å². The van der Waals surface area contributed by atoms with Crippen molar-refractivity contribution in [2.24, 2.45) is 11.8 Å². The fraction of sp³-hybridized carbons (Fsp3) is 0.538. The van der Waals surface area contributed by atoms with Gasteiger partial charge < -0.3 is 0 Å². The molecule has 0 spiro atoms. The second-order valence-corrected chi connectivity index (χ2v) is 6.66. The molecule has 0 amide bonds. The molecule has 17 heavy (non-hydrogen) atoms. The normalized spacial score (nSPS) is 13.9. The molecule has 4 heteroatoms. The summed E-state index contributed by atoms with van der Waals surface area (Å²) in [5.41, 5.74) is 0.980. The lowest BCUT2D eigenvalue weighted by molar-refractivity contribution is 0.450. The summed E-state index contributed by atoms with van der Waals surface area (Å²) in [6, 6.07) is 9.54. The zero-order valence-corrected chi connectivity index (χ0v) is 11.5. The van der Waals surface area contributed by atoms with E-state index in [4.69, 9.17) is 0 Å². The molecule has 1 unspecified atom stereocenters. The van der Waals surface area contributed by atoms with Gasteiger partial charge in [0.15, 0.2) is 0 Å². The second-order valence-electron chi connectivity index (χ2n) is 4.81. The minimum absolute atomic E-state index is 0.170. The van der Waals surface area contributed by atoms with Crippen molar-refractivity contribution < 1.29 is 8.42 Å². The zero-order chi connectivity index (χ0) is 12.9. The molecule has 0 heterocycles. The average Bonchev–Trinajstić information content (AvgIpc) is 2.27. The van der Waals surface area contributed by atoms with Crippen LogP contribution in [0.4, 0.5) is 0 Å². The quantitative estimate of drug-likeness (QED) is 0.848. The number of hydrogen-bond donors (Lipinski definition) is 1. The number of sulfonamides is 1. The lowest BCUT2D eigenvalue weighted by Crippen LogP contribution is -2.30. The van der Waals surface area contributed by atoms with E-state index in [9.17, 15) is 8.42 Å². The lowest BCUT2D eigenvalue weighted by atomic mass is 10.0. The summed E-state index contributed by atoms with van der Waals surface area (Å²) in [7, 11) is -3.17. The van der Waals surface area contributed by atoms with Crippen molar-refractivity contribution in [1.82, 2.24) is 4.72 Å². The van der Waals surface area contributed by atoms with Crippen molar-refractivity contribution in [3.63, 3.8) is 0 Å². The van der Waals surface area contributed by atoms with Crippen LogP contribution in [0.3, 0.4) is 0 Å². The van der Waals surface area contributed by atoms with Crippen LogP contribution in [0, 0.1) is 11.8 Å². The molecule has 1 rings (SSSR count). The highest BCUT2D eigenvalue weighted by Crippen LogP contribution is 2.11. The van der Waals surface area contributed by atoms with Gasteiger partial charge in [-0.3, -0.25) is 0 Å². The first-order chi connectivity index (χ1) is 7.91. The molecule has 0 aliphatic carbocycles. The van der Waals surface area contributed by atoms with Crippen molar-refractivity contribution in [1.29, 1.82) is 0 Å². The SMILES string of the molecule is CC(C)C(C)CS(=O)(=O)NCc1ccccc1. The van der Waals surface area contributed by atoms with E-state index in [0.717, 1.165) is 5.56 Å². The van der Waals surface area contributed by atoms with Gasteiger partial charge in [0, 0.05) is 6.54 Å². The Morgan fingerprint density at radius 3 is 2.24 bits per heavy atom. The Balaban J connectivity index is 2.51. The van der Waals surface area contributed by atoms with E-state index in [1.54, 1.807) is 0 Å². The van der Waals surface area contributed by atoms with Gasteiger partial charge in [0.1, 0.15) is 0 Å². The highest BCUT2D eigenvalue weighted by molar-refractivity contribution is 7.89. The number of hydrogen-bond acceptors (Lipinski definition) is 2. The van der Waals surface area contributed by atoms with Gasteiger partial charge >= 0.3 is 0 Å². The van der Waals surface area contributed by atoms with E-state index in [1.807, 2.05) is 51.1 Å². The molecule has 1 N–H and O–H groups in total. The van der Waals surface area contributed by atoms with E-state index < -0.39 is 10.0 Å². The summed E-state index contributed by atoms with van der Waals surface area (Å²) in [4.78, 5) is 0. The van der Waals surface area contributed by atoms with Gasteiger partial charge in [-0.25, -0.2) is 13.1 Å². The standard InChI is InChI=1S/C13H21NO2S/c1-11(2)12(3)10-17(15,16)14-9-13-7-5-4-6-8-13/h4-8,11-12,14H,9-10H2,1-3H3. The van der Waals surface area contributed by atoms with Crippen LogP contribution in [0.5, 0.6) is 0 Å². The van der Waals surface area contributed by atoms with Crippen LogP contribution in [-0.4, -0.2) is 14.2 Å². The van der Waals surface area contributed by atoms with Crippen LogP contribution in [0.2, 0.25) is 0 Å². The Morgan fingerprint density at radius 2 is 1.71 bits per heavy atom. The Hall–Kier alpha value is -0.870. The maximum absolute atomic E-state index is 11.8. The molecule has 1 aromatic rings. The summed E-state index contributed by atoms with van der Waals surface area (Å²) in [5.74, 6) is 0.740. The van der Waals surface area contributed by atoms with Gasteiger partial charge in [0.05, 0.1) is 5.75 Å². The fourth-order valence-corrected chi connectivity index (χ4v) is 2.97. The largest absolute Gasteiger partial charge is 0.212 e. The molecule has 0 saturated carbocycles. The van der Waals surface area contributed by atoms with Gasteiger partial charge in [-0.1, -0.05) is 51.1 Å². The Kier molecular flexibility index (Phi) is 5.15. The molecule has 1 aromatic carbocycles. The molecular formula is C13H21NO2S. The fourth-order valence-electron chi connectivity index (χ4n) is 1.39. The molecule has 0 fully saturated rings. The minimum Gasteiger partial charge on any atom is -0.212 e. The second kappa shape index (κ2) is 6.17. The number of rotatable bonds is 6. The minimum atomic E-state index is -3.17. The topological polar surface area (TPSA) is 46.2 Å². The number of nitrogens with one attached hydrogen (secondary N) is 1. The van der Waals surface area contributed by atoms with E-state index in [0.29, 0.717) is 12.5 Å². The van der Waals surface area contributed by atoms with E-state index in [-0.39, 0.29) is 11.7 Å². The van der Waals surface area contributed by atoms with Gasteiger partial charge in [0.25, 0.3) is 0 Å². The third kappa shape index (κ3) is 5.33. The molecule has 1 atom stereocenters. The van der Waals surface area contributed by atoms with Crippen molar-refractivity contribution in [2.45, 2.75) is 27.3 Å². The first-order valence-electron chi connectivity index (χ1n) is 5.92. The first-order valence-corrected chi connectivity index (χ1v) is 7.57. The van der Waals surface area contributed by atoms with Crippen LogP contribution in [-0.2, 0) is 16.6 Å². The van der Waals surface area contributed by atoms with Crippen molar-refractivity contribution in [3.05, 3.63) is 35.9 Å². The predicted molar refractivity (Wildman–Crippen MR) is 71.1 cm³/mol. The predicted octanol–water partition coefficient (Wildman–Crippen LogP) is 2.40. The third-order valence-corrected chi connectivity index (χ3v) is 4.51. The van der Waals surface area contributed by atoms with Crippen molar-refractivity contribution in [3.8, 4) is 0 Å². The van der Waals surface area contributed by atoms with Crippen LogP contribution in [0.15, 0.2) is 30.3 Å². The molecule has 3 nitrogen and oxygen atoms in total. The maximum Gasteiger partial charge on any atom is 0.212 e. The third-order valence-electron chi connectivity index (χ3n) is 2.96. The Labute approximate surface area is 104 Å². The molecule has 0 bridgehead atoms. The smallest absolute Gasteiger partial charge is 0.212 e. The summed E-state index contributed by atoms with van der Waals surface area (Å²) >= 11 is 0. The Morgan fingerprint density at radius 1 is 1.12 bits per heavy atom. The summed E-state index contributed by atoms with van der Waals surface area (Å²) in [6.07, 6.45) is 0. The van der Waals surface area contributed by atoms with E-state index >= 15 is 0 Å². The van der Waals surface area contributed by atoms with Crippen LogP contribution >= 0.6 is 0 Å². The highest BCUT2D eigenvalue weighted by Gasteiger charge is 2.17. The van der Waals surface area contributed by atoms with Gasteiger partial charge in [-0.2, -0.15) is 0 Å². The highest BCUT2D eigenvalue weighted by atomic mass is 32.2.